The van der Waals surface area contributed by atoms with E-state index in [2.05, 4.69) is 5.32 Å². The van der Waals surface area contributed by atoms with Crippen LogP contribution in [-0.4, -0.2) is 32.6 Å². The first-order valence-corrected chi connectivity index (χ1v) is 8.07. The van der Waals surface area contributed by atoms with Crippen LogP contribution in [0, 0.1) is 0 Å². The van der Waals surface area contributed by atoms with Crippen molar-refractivity contribution >= 4 is 23.2 Å². The first-order valence-electron chi connectivity index (χ1n) is 8.07. The molecule has 1 saturated heterocycles. The van der Waals surface area contributed by atoms with Gasteiger partial charge in [0.15, 0.2) is 0 Å². The van der Waals surface area contributed by atoms with E-state index in [1.807, 2.05) is 12.1 Å². The molecular weight excluding hydrogens is 320 g/mol. The second-order valence-electron chi connectivity index (χ2n) is 5.69. The van der Waals surface area contributed by atoms with Crippen molar-refractivity contribution in [2.75, 3.05) is 31.0 Å². The third kappa shape index (κ3) is 3.42. The van der Waals surface area contributed by atoms with Crippen LogP contribution in [0.2, 0.25) is 0 Å². The fourth-order valence-corrected chi connectivity index (χ4v) is 2.94. The summed E-state index contributed by atoms with van der Waals surface area (Å²) in [5.41, 5.74) is 1.72. The smallest absolute Gasteiger partial charge is 0.263 e. The number of methoxy groups -OCH3 is 2. The first kappa shape index (κ1) is 16.8. The van der Waals surface area contributed by atoms with Gasteiger partial charge >= 0.3 is 0 Å². The van der Waals surface area contributed by atoms with Crippen molar-refractivity contribution in [2.45, 2.75) is 12.8 Å². The molecule has 1 N–H and O–H groups in total. The quantitative estimate of drug-likeness (QED) is 0.908. The molecule has 0 radical (unpaired) electrons. The minimum Gasteiger partial charge on any atom is -0.496 e. The maximum absolute atomic E-state index is 12.7. The standard InChI is InChI=1S/C19H20N2O4/c1-24-15-8-4-9-16(25-2)18(15)19(23)20-13-6-3-7-14(12-13)21-11-5-10-17(21)22/h3-4,6-9,12H,5,10-11H2,1-2H3,(H,20,23). The Morgan fingerprint density at radius 3 is 2.36 bits per heavy atom. The Kier molecular flexibility index (Phi) is 4.88. The van der Waals surface area contributed by atoms with E-state index in [0.717, 1.165) is 12.1 Å². The average Bonchev–Trinajstić information content (AvgIpc) is 3.07. The molecule has 0 aliphatic carbocycles. The Bertz CT molecular complexity index is 782. The maximum atomic E-state index is 12.7. The van der Waals surface area contributed by atoms with Crippen LogP contribution in [0.1, 0.15) is 23.2 Å². The molecule has 1 aliphatic rings. The maximum Gasteiger partial charge on any atom is 0.263 e. The molecule has 0 unspecified atom stereocenters. The molecule has 0 aromatic heterocycles. The summed E-state index contributed by atoms with van der Waals surface area (Å²) in [4.78, 5) is 26.4. The number of nitrogens with one attached hydrogen (secondary N) is 1. The number of rotatable bonds is 5. The van der Waals surface area contributed by atoms with Gasteiger partial charge in [-0.25, -0.2) is 0 Å². The number of ether oxygens (including phenoxy) is 2. The molecule has 1 fully saturated rings. The number of hydrogen-bond donors (Lipinski definition) is 1. The summed E-state index contributed by atoms with van der Waals surface area (Å²) in [7, 11) is 3.01. The highest BCUT2D eigenvalue weighted by atomic mass is 16.5. The lowest BCUT2D eigenvalue weighted by atomic mass is 10.1. The van der Waals surface area contributed by atoms with Gasteiger partial charge < -0.3 is 19.7 Å². The molecule has 6 nitrogen and oxygen atoms in total. The monoisotopic (exact) mass is 340 g/mol. The second-order valence-corrected chi connectivity index (χ2v) is 5.69. The summed E-state index contributed by atoms with van der Waals surface area (Å²) in [6.45, 7) is 0.705. The summed E-state index contributed by atoms with van der Waals surface area (Å²) in [5, 5.41) is 2.85. The van der Waals surface area contributed by atoms with Crippen LogP contribution < -0.4 is 19.7 Å². The summed E-state index contributed by atoms with van der Waals surface area (Å²) >= 11 is 0. The number of carbonyl (C=O) groups excluding carboxylic acids is 2. The largest absolute Gasteiger partial charge is 0.496 e. The molecular formula is C19H20N2O4. The molecule has 1 heterocycles. The Labute approximate surface area is 146 Å². The molecule has 0 atom stereocenters. The summed E-state index contributed by atoms with van der Waals surface area (Å²) < 4.78 is 10.5. The predicted octanol–water partition coefficient (Wildman–Crippen LogP) is 3.08. The van der Waals surface area contributed by atoms with Crippen LogP contribution in [0.3, 0.4) is 0 Å². The molecule has 25 heavy (non-hydrogen) atoms. The number of benzene rings is 2. The van der Waals surface area contributed by atoms with E-state index in [4.69, 9.17) is 9.47 Å². The lowest BCUT2D eigenvalue weighted by Crippen LogP contribution is -2.23. The van der Waals surface area contributed by atoms with E-state index in [0.29, 0.717) is 35.7 Å². The van der Waals surface area contributed by atoms with Gasteiger partial charge in [-0.05, 0) is 36.8 Å². The zero-order chi connectivity index (χ0) is 17.8. The van der Waals surface area contributed by atoms with Crippen LogP contribution in [0.15, 0.2) is 42.5 Å². The molecule has 1 aliphatic heterocycles. The first-order chi connectivity index (χ1) is 12.1. The van der Waals surface area contributed by atoms with Gasteiger partial charge in [0.05, 0.1) is 14.2 Å². The predicted molar refractivity (Wildman–Crippen MR) is 95.5 cm³/mol. The van der Waals surface area contributed by atoms with Crippen molar-refractivity contribution in [3.8, 4) is 11.5 Å². The molecule has 6 heteroatoms. The van der Waals surface area contributed by atoms with Crippen molar-refractivity contribution in [3.05, 3.63) is 48.0 Å². The number of hydrogen-bond acceptors (Lipinski definition) is 4. The average molecular weight is 340 g/mol. The van der Waals surface area contributed by atoms with E-state index in [1.54, 1.807) is 35.2 Å². The zero-order valence-electron chi connectivity index (χ0n) is 14.2. The zero-order valence-corrected chi connectivity index (χ0v) is 14.2. The van der Waals surface area contributed by atoms with Gasteiger partial charge in [-0.3, -0.25) is 9.59 Å². The van der Waals surface area contributed by atoms with Gasteiger partial charge in [-0.1, -0.05) is 12.1 Å². The van der Waals surface area contributed by atoms with Crippen molar-refractivity contribution in [1.82, 2.24) is 0 Å². The van der Waals surface area contributed by atoms with Crippen molar-refractivity contribution in [3.63, 3.8) is 0 Å². The minimum atomic E-state index is -0.334. The normalized spacial score (nSPS) is 13.7. The fourth-order valence-electron chi connectivity index (χ4n) is 2.94. The van der Waals surface area contributed by atoms with Crippen LogP contribution in [0.5, 0.6) is 11.5 Å². The number of nitrogens with zero attached hydrogens (tertiary/aromatic N) is 1. The van der Waals surface area contributed by atoms with E-state index in [1.165, 1.54) is 14.2 Å². The van der Waals surface area contributed by atoms with Crippen molar-refractivity contribution < 1.29 is 19.1 Å². The fraction of sp³-hybridized carbons (Fsp3) is 0.263. The lowest BCUT2D eigenvalue weighted by molar-refractivity contribution is -0.117. The van der Waals surface area contributed by atoms with Gasteiger partial charge in [-0.15, -0.1) is 0 Å². The van der Waals surface area contributed by atoms with Gasteiger partial charge in [0, 0.05) is 24.3 Å². The van der Waals surface area contributed by atoms with E-state index >= 15 is 0 Å². The van der Waals surface area contributed by atoms with Gasteiger partial charge in [0.2, 0.25) is 5.91 Å². The van der Waals surface area contributed by atoms with E-state index in [9.17, 15) is 9.59 Å². The van der Waals surface area contributed by atoms with Gasteiger partial charge in [0.25, 0.3) is 5.91 Å². The topological polar surface area (TPSA) is 67.9 Å². The van der Waals surface area contributed by atoms with E-state index < -0.39 is 0 Å². The summed E-state index contributed by atoms with van der Waals surface area (Å²) in [6.07, 6.45) is 1.42. The Morgan fingerprint density at radius 1 is 1.08 bits per heavy atom. The van der Waals surface area contributed by atoms with Crippen LogP contribution in [0.25, 0.3) is 0 Å². The van der Waals surface area contributed by atoms with Crippen LogP contribution in [-0.2, 0) is 4.79 Å². The number of carbonyl (C=O) groups is 2. The Morgan fingerprint density at radius 2 is 1.76 bits per heavy atom. The molecule has 0 saturated carbocycles. The second kappa shape index (κ2) is 7.25. The minimum absolute atomic E-state index is 0.106. The van der Waals surface area contributed by atoms with Gasteiger partial charge in [0.1, 0.15) is 17.1 Å². The Hall–Kier alpha value is -3.02. The molecule has 2 aromatic carbocycles. The Balaban J connectivity index is 1.86. The molecule has 130 valence electrons. The summed E-state index contributed by atoms with van der Waals surface area (Å²) in [5.74, 6) is 0.638. The highest BCUT2D eigenvalue weighted by Gasteiger charge is 2.22. The SMILES string of the molecule is COc1cccc(OC)c1C(=O)Nc1cccc(N2CCCC2=O)c1. The molecule has 0 bridgehead atoms. The lowest BCUT2D eigenvalue weighted by Gasteiger charge is -2.17. The van der Waals surface area contributed by atoms with Crippen molar-refractivity contribution in [2.24, 2.45) is 0 Å². The summed E-state index contributed by atoms with van der Waals surface area (Å²) in [6, 6.07) is 12.4. The third-order valence-corrected chi connectivity index (χ3v) is 4.14. The molecule has 2 amide bonds. The van der Waals surface area contributed by atoms with Crippen molar-refractivity contribution in [1.29, 1.82) is 0 Å². The third-order valence-electron chi connectivity index (χ3n) is 4.14. The van der Waals surface area contributed by atoms with E-state index in [-0.39, 0.29) is 11.8 Å². The van der Waals surface area contributed by atoms with Gasteiger partial charge in [-0.2, -0.15) is 0 Å². The molecule has 3 rings (SSSR count). The number of anilines is 2. The van der Waals surface area contributed by atoms with Crippen LogP contribution in [0.4, 0.5) is 11.4 Å². The highest BCUT2D eigenvalue weighted by Crippen LogP contribution is 2.30. The molecule has 0 spiro atoms. The molecule has 2 aromatic rings. The van der Waals surface area contributed by atoms with Crippen LogP contribution >= 0.6 is 0 Å². The highest BCUT2D eigenvalue weighted by molar-refractivity contribution is 6.08. The number of amides is 2.